The molecule has 4 aromatic carbocycles. The Hall–Kier alpha value is -2.80. The summed E-state index contributed by atoms with van der Waals surface area (Å²) in [5.74, 6) is 0. The molecule has 0 aliphatic carbocycles. The second-order valence-corrected chi connectivity index (χ2v) is 5.61. The molecule has 0 saturated carbocycles. The Kier molecular flexibility index (Phi) is 2.01. The van der Waals surface area contributed by atoms with Crippen molar-refractivity contribution in [3.05, 3.63) is 72.8 Å². The van der Waals surface area contributed by atoms with Gasteiger partial charge in [-0.1, -0.05) is 42.5 Å². The van der Waals surface area contributed by atoms with Crippen molar-refractivity contribution in [1.82, 2.24) is 4.98 Å². The van der Waals surface area contributed by atoms with Crippen LogP contribution in [0.4, 0.5) is 0 Å². The molecule has 0 saturated heterocycles. The minimum atomic E-state index is 1.20. The Morgan fingerprint density at radius 1 is 0.476 bits per heavy atom. The fourth-order valence-electron chi connectivity index (χ4n) is 3.29. The number of hydrogen-bond acceptors (Lipinski definition) is 0. The molecule has 98 valence electrons. The van der Waals surface area contributed by atoms with Gasteiger partial charge >= 0.3 is 0 Å². The van der Waals surface area contributed by atoms with Gasteiger partial charge in [0.25, 0.3) is 0 Å². The maximum absolute atomic E-state index is 3.52. The summed E-state index contributed by atoms with van der Waals surface area (Å²) in [5, 5.41) is 7.76. The zero-order valence-corrected chi connectivity index (χ0v) is 11.4. The molecule has 0 spiro atoms. The average Bonchev–Trinajstić information content (AvgIpc) is 2.88. The number of rotatable bonds is 0. The quantitative estimate of drug-likeness (QED) is 0.350. The van der Waals surface area contributed by atoms with E-state index in [0.29, 0.717) is 0 Å². The molecule has 5 rings (SSSR count). The standard InChI is InChI=1S/C20H13N/c1-2-6-14-10-16-12-20-18(11-15(16)9-13(14)5-1)17-7-3-4-8-19(17)21-20/h1-12,21H. The van der Waals surface area contributed by atoms with Gasteiger partial charge in [-0.3, -0.25) is 0 Å². The first-order chi connectivity index (χ1) is 10.4. The third-order valence-electron chi connectivity index (χ3n) is 4.33. The summed E-state index contributed by atoms with van der Waals surface area (Å²) >= 11 is 0. The lowest BCUT2D eigenvalue weighted by Gasteiger charge is -2.03. The van der Waals surface area contributed by atoms with Crippen LogP contribution in [-0.2, 0) is 0 Å². The molecule has 5 aromatic rings. The Morgan fingerprint density at radius 2 is 1.14 bits per heavy atom. The fraction of sp³-hybridized carbons (Fsp3) is 0. The molecular formula is C20H13N. The number of aromatic nitrogens is 1. The van der Waals surface area contributed by atoms with E-state index in [2.05, 4.69) is 77.8 Å². The molecule has 21 heavy (non-hydrogen) atoms. The molecule has 1 aromatic heterocycles. The first kappa shape index (κ1) is 10.9. The number of fused-ring (bicyclic) bond motifs is 5. The molecule has 0 bridgehead atoms. The van der Waals surface area contributed by atoms with Crippen LogP contribution in [-0.4, -0.2) is 4.98 Å². The second-order valence-electron chi connectivity index (χ2n) is 5.61. The lowest BCUT2D eigenvalue weighted by atomic mass is 10.0. The van der Waals surface area contributed by atoms with Crippen molar-refractivity contribution < 1.29 is 0 Å². The van der Waals surface area contributed by atoms with Crippen molar-refractivity contribution >= 4 is 43.4 Å². The average molecular weight is 267 g/mol. The van der Waals surface area contributed by atoms with Gasteiger partial charge in [0.05, 0.1) is 0 Å². The zero-order chi connectivity index (χ0) is 13.8. The van der Waals surface area contributed by atoms with Gasteiger partial charge in [0.1, 0.15) is 0 Å². The Morgan fingerprint density at radius 3 is 1.95 bits per heavy atom. The van der Waals surface area contributed by atoms with Crippen LogP contribution in [0.25, 0.3) is 43.4 Å². The van der Waals surface area contributed by atoms with E-state index in [1.54, 1.807) is 0 Å². The highest BCUT2D eigenvalue weighted by atomic mass is 14.7. The van der Waals surface area contributed by atoms with Crippen LogP contribution in [0.1, 0.15) is 0 Å². The highest BCUT2D eigenvalue weighted by Crippen LogP contribution is 2.31. The molecule has 1 heterocycles. The van der Waals surface area contributed by atoms with Crippen molar-refractivity contribution in [2.24, 2.45) is 0 Å². The van der Waals surface area contributed by atoms with Crippen molar-refractivity contribution in [2.75, 3.05) is 0 Å². The van der Waals surface area contributed by atoms with E-state index in [-0.39, 0.29) is 0 Å². The lowest BCUT2D eigenvalue weighted by molar-refractivity contribution is 1.55. The van der Waals surface area contributed by atoms with Gasteiger partial charge in [-0.2, -0.15) is 0 Å². The van der Waals surface area contributed by atoms with Crippen molar-refractivity contribution in [3.8, 4) is 0 Å². The van der Waals surface area contributed by atoms with Crippen LogP contribution in [0, 0.1) is 0 Å². The summed E-state index contributed by atoms with van der Waals surface area (Å²) < 4.78 is 0. The fourth-order valence-corrected chi connectivity index (χ4v) is 3.29. The van der Waals surface area contributed by atoms with E-state index in [1.807, 2.05) is 0 Å². The van der Waals surface area contributed by atoms with E-state index in [1.165, 1.54) is 43.4 Å². The summed E-state index contributed by atoms with van der Waals surface area (Å²) in [5.41, 5.74) is 2.41. The largest absolute Gasteiger partial charge is 0.354 e. The normalized spacial score (nSPS) is 11.8. The summed E-state index contributed by atoms with van der Waals surface area (Å²) in [6, 6.07) is 26.1. The highest BCUT2D eigenvalue weighted by Gasteiger charge is 2.06. The second kappa shape index (κ2) is 3.86. The first-order valence-corrected chi connectivity index (χ1v) is 7.21. The van der Waals surface area contributed by atoms with Crippen LogP contribution < -0.4 is 0 Å². The number of aromatic amines is 1. The Balaban J connectivity index is 1.99. The molecule has 0 unspecified atom stereocenters. The van der Waals surface area contributed by atoms with Gasteiger partial charge in [-0.05, 0) is 51.9 Å². The number of nitrogens with one attached hydrogen (secondary N) is 1. The third-order valence-corrected chi connectivity index (χ3v) is 4.33. The summed E-state index contributed by atoms with van der Waals surface area (Å²) in [6.45, 7) is 0. The van der Waals surface area contributed by atoms with Crippen LogP contribution >= 0.6 is 0 Å². The highest BCUT2D eigenvalue weighted by molar-refractivity contribution is 6.13. The monoisotopic (exact) mass is 267 g/mol. The van der Waals surface area contributed by atoms with Crippen molar-refractivity contribution in [1.29, 1.82) is 0 Å². The van der Waals surface area contributed by atoms with E-state index in [9.17, 15) is 0 Å². The van der Waals surface area contributed by atoms with E-state index >= 15 is 0 Å². The van der Waals surface area contributed by atoms with Gasteiger partial charge in [-0.25, -0.2) is 0 Å². The molecule has 0 aliphatic rings. The van der Waals surface area contributed by atoms with Gasteiger partial charge in [0.15, 0.2) is 0 Å². The number of benzene rings is 4. The predicted octanol–water partition coefficient (Wildman–Crippen LogP) is 5.63. The Bertz CT molecular complexity index is 1130. The molecule has 0 radical (unpaired) electrons. The molecule has 1 heteroatoms. The van der Waals surface area contributed by atoms with Gasteiger partial charge in [-0.15, -0.1) is 0 Å². The molecular weight excluding hydrogens is 254 g/mol. The van der Waals surface area contributed by atoms with E-state index < -0.39 is 0 Å². The van der Waals surface area contributed by atoms with Gasteiger partial charge < -0.3 is 4.98 Å². The Labute approximate surface area is 121 Å². The molecule has 1 N–H and O–H groups in total. The predicted molar refractivity (Wildman–Crippen MR) is 90.8 cm³/mol. The maximum Gasteiger partial charge on any atom is 0.0471 e. The number of hydrogen-bond donors (Lipinski definition) is 1. The van der Waals surface area contributed by atoms with Gasteiger partial charge in [0, 0.05) is 21.8 Å². The van der Waals surface area contributed by atoms with Gasteiger partial charge in [0.2, 0.25) is 0 Å². The molecule has 0 amide bonds. The van der Waals surface area contributed by atoms with E-state index in [0.717, 1.165) is 0 Å². The summed E-state index contributed by atoms with van der Waals surface area (Å²) in [6.07, 6.45) is 0. The smallest absolute Gasteiger partial charge is 0.0471 e. The summed E-state index contributed by atoms with van der Waals surface area (Å²) in [4.78, 5) is 3.52. The van der Waals surface area contributed by atoms with Crippen LogP contribution in [0.3, 0.4) is 0 Å². The van der Waals surface area contributed by atoms with Crippen LogP contribution in [0.5, 0.6) is 0 Å². The van der Waals surface area contributed by atoms with Crippen molar-refractivity contribution in [2.45, 2.75) is 0 Å². The van der Waals surface area contributed by atoms with Crippen LogP contribution in [0.15, 0.2) is 72.8 Å². The maximum atomic E-state index is 3.52. The minimum absolute atomic E-state index is 1.20. The minimum Gasteiger partial charge on any atom is -0.354 e. The molecule has 0 fully saturated rings. The lowest BCUT2D eigenvalue weighted by Crippen LogP contribution is -1.77. The zero-order valence-electron chi connectivity index (χ0n) is 11.4. The van der Waals surface area contributed by atoms with Crippen LogP contribution in [0.2, 0.25) is 0 Å². The summed E-state index contributed by atoms with van der Waals surface area (Å²) in [7, 11) is 0. The molecule has 1 nitrogen and oxygen atoms in total. The SMILES string of the molecule is c1ccc2cc3cc4c(cc3cc2c1)[nH]c1ccccc14. The number of H-pyrrole nitrogens is 1. The topological polar surface area (TPSA) is 15.8 Å². The molecule has 0 aliphatic heterocycles. The van der Waals surface area contributed by atoms with Crippen molar-refractivity contribution in [3.63, 3.8) is 0 Å². The van der Waals surface area contributed by atoms with E-state index in [4.69, 9.17) is 0 Å². The molecule has 0 atom stereocenters. The third kappa shape index (κ3) is 1.52. The number of para-hydroxylation sites is 1. The first-order valence-electron chi connectivity index (χ1n) is 7.21.